The molecule has 4 rings (SSSR count). The number of fused-ring (bicyclic) bond motifs is 1. The second-order valence-electron chi connectivity index (χ2n) is 8.18. The molecule has 0 spiro atoms. The van der Waals surface area contributed by atoms with Crippen molar-refractivity contribution in [3.05, 3.63) is 45.7 Å². The molecule has 1 saturated heterocycles. The van der Waals surface area contributed by atoms with Gasteiger partial charge in [-0.05, 0) is 38.1 Å². The van der Waals surface area contributed by atoms with Crippen LogP contribution in [0, 0.1) is 11.6 Å². The van der Waals surface area contributed by atoms with Crippen LogP contribution in [0.3, 0.4) is 0 Å². The molecule has 1 aromatic carbocycles. The first-order valence-corrected chi connectivity index (χ1v) is 12.9. The zero-order valence-electron chi connectivity index (χ0n) is 18.1. The van der Waals surface area contributed by atoms with Crippen molar-refractivity contribution in [1.82, 2.24) is 20.2 Å². The molecule has 3 heterocycles. The number of carbonyl (C=O) groups excluding carboxylic acids is 1. The molecule has 9 nitrogen and oxygen atoms in total. The third kappa shape index (κ3) is 5.45. The van der Waals surface area contributed by atoms with Crippen molar-refractivity contribution < 1.29 is 31.8 Å². The Bertz CT molecular complexity index is 1210. The molecule has 13 heteroatoms. The van der Waals surface area contributed by atoms with Crippen LogP contribution in [0.2, 0.25) is 5.02 Å². The number of sulfone groups is 1. The molecule has 0 unspecified atom stereocenters. The Morgan fingerprint density at radius 2 is 1.94 bits per heavy atom. The minimum atomic E-state index is -3.53. The van der Waals surface area contributed by atoms with Gasteiger partial charge < -0.3 is 15.2 Å². The maximum absolute atomic E-state index is 14.6. The number of nitrogens with one attached hydrogen (secondary N) is 1. The van der Waals surface area contributed by atoms with Gasteiger partial charge in [-0.15, -0.1) is 0 Å². The van der Waals surface area contributed by atoms with E-state index in [4.69, 9.17) is 16.3 Å². The molecule has 1 fully saturated rings. The van der Waals surface area contributed by atoms with Crippen molar-refractivity contribution in [2.45, 2.75) is 37.0 Å². The summed E-state index contributed by atoms with van der Waals surface area (Å²) < 4.78 is 58.7. The average Bonchev–Trinajstić information content (AvgIpc) is 3.10. The summed E-state index contributed by atoms with van der Waals surface area (Å²) in [7, 11) is -3.53. The molecule has 0 saturated carbocycles. The zero-order chi connectivity index (χ0) is 24.5. The number of amides is 1. The van der Waals surface area contributed by atoms with Crippen molar-refractivity contribution in [1.29, 1.82) is 0 Å². The van der Waals surface area contributed by atoms with E-state index in [2.05, 4.69) is 15.3 Å². The molecule has 2 aliphatic heterocycles. The fourth-order valence-electron chi connectivity index (χ4n) is 3.96. The van der Waals surface area contributed by atoms with Crippen LogP contribution in [0.5, 0.6) is 0 Å². The van der Waals surface area contributed by atoms with Crippen LogP contribution in [0.4, 0.5) is 13.6 Å². The van der Waals surface area contributed by atoms with E-state index >= 15 is 0 Å². The number of aliphatic hydroxyl groups is 1. The number of ether oxygens (including phenoxy) is 1. The molecule has 34 heavy (non-hydrogen) atoms. The molecule has 2 aliphatic rings. The van der Waals surface area contributed by atoms with Gasteiger partial charge in [-0.3, -0.25) is 4.90 Å². The molecule has 0 aliphatic carbocycles. The first-order valence-electron chi connectivity index (χ1n) is 10.7. The first kappa shape index (κ1) is 24.7. The minimum Gasteiger partial charge on any atom is -0.446 e. The van der Waals surface area contributed by atoms with E-state index in [9.17, 15) is 27.1 Å². The summed E-state index contributed by atoms with van der Waals surface area (Å²) in [5, 5.41) is 12.2. The van der Waals surface area contributed by atoms with Gasteiger partial charge in [-0.25, -0.2) is 32.0 Å². The summed E-state index contributed by atoms with van der Waals surface area (Å²) in [6.45, 7) is 0.768. The number of hydrogen-bond acceptors (Lipinski definition) is 8. The van der Waals surface area contributed by atoms with E-state index in [-0.39, 0.29) is 60.1 Å². The fraction of sp³-hybridized carbons (Fsp3) is 0.476. The Kier molecular flexibility index (Phi) is 7.31. The molecular weight excluding hydrogens is 494 g/mol. The molecule has 1 amide bonds. The minimum absolute atomic E-state index is 0.0887. The molecule has 0 bridgehead atoms. The van der Waals surface area contributed by atoms with E-state index in [1.54, 1.807) is 0 Å². The van der Waals surface area contributed by atoms with Crippen LogP contribution in [-0.4, -0.2) is 66.8 Å². The highest BCUT2D eigenvalue weighted by atomic mass is 35.5. The predicted molar refractivity (Wildman–Crippen MR) is 119 cm³/mol. The average molecular weight is 517 g/mol. The molecule has 184 valence electrons. The number of rotatable bonds is 6. The van der Waals surface area contributed by atoms with Gasteiger partial charge in [0.2, 0.25) is 0 Å². The van der Waals surface area contributed by atoms with E-state index in [0.717, 1.165) is 12.1 Å². The lowest BCUT2D eigenvalue weighted by Gasteiger charge is -2.27. The lowest BCUT2D eigenvalue weighted by molar-refractivity contribution is 0.0427. The van der Waals surface area contributed by atoms with Crippen molar-refractivity contribution in [3.63, 3.8) is 0 Å². The van der Waals surface area contributed by atoms with E-state index in [1.807, 2.05) is 0 Å². The summed E-state index contributed by atoms with van der Waals surface area (Å²) in [6.07, 6.45) is 0.323. The maximum atomic E-state index is 14.6. The number of aliphatic hydroxyl groups excluding tert-OH is 1. The quantitative estimate of drug-likeness (QED) is 0.560. The molecule has 0 atom stereocenters. The van der Waals surface area contributed by atoms with E-state index < -0.39 is 32.6 Å². The SMILES string of the molecule is O=C(OC1CCNCC1)N(CCO)Cc1nc(-c2cc(F)c(Cl)cc2F)nc2c1CS(=O)(=O)C2. The number of halogens is 3. The predicted octanol–water partition coefficient (Wildman–Crippen LogP) is 2.19. The van der Waals surface area contributed by atoms with Crippen LogP contribution in [0.15, 0.2) is 12.1 Å². The molecular formula is C21H23ClF2N4O5S. The van der Waals surface area contributed by atoms with Gasteiger partial charge >= 0.3 is 6.09 Å². The van der Waals surface area contributed by atoms with E-state index in [1.165, 1.54) is 4.90 Å². The first-order chi connectivity index (χ1) is 16.2. The highest BCUT2D eigenvalue weighted by molar-refractivity contribution is 7.90. The van der Waals surface area contributed by atoms with Gasteiger partial charge in [0.25, 0.3) is 0 Å². The van der Waals surface area contributed by atoms with E-state index in [0.29, 0.717) is 31.5 Å². The van der Waals surface area contributed by atoms with Gasteiger partial charge in [0, 0.05) is 12.1 Å². The van der Waals surface area contributed by atoms with Crippen molar-refractivity contribution in [3.8, 4) is 11.4 Å². The van der Waals surface area contributed by atoms with Crippen LogP contribution < -0.4 is 5.32 Å². The third-order valence-electron chi connectivity index (χ3n) is 5.67. The zero-order valence-corrected chi connectivity index (χ0v) is 19.6. The number of piperidine rings is 1. The fourth-order valence-corrected chi connectivity index (χ4v) is 5.64. The molecule has 0 radical (unpaired) electrons. The molecule has 2 N–H and O–H groups in total. The lowest BCUT2D eigenvalue weighted by Crippen LogP contribution is -2.40. The highest BCUT2D eigenvalue weighted by Gasteiger charge is 2.32. The second-order valence-corrected chi connectivity index (χ2v) is 10.6. The Balaban J connectivity index is 1.69. The molecule has 1 aromatic heterocycles. The van der Waals surface area contributed by atoms with Crippen LogP contribution in [-0.2, 0) is 32.6 Å². The number of carbonyl (C=O) groups is 1. The largest absolute Gasteiger partial charge is 0.446 e. The monoisotopic (exact) mass is 516 g/mol. The van der Waals surface area contributed by atoms with Crippen LogP contribution >= 0.6 is 11.6 Å². The summed E-state index contributed by atoms with van der Waals surface area (Å²) in [4.78, 5) is 22.5. The van der Waals surface area contributed by atoms with Crippen LogP contribution in [0.1, 0.15) is 29.8 Å². The maximum Gasteiger partial charge on any atom is 0.410 e. The highest BCUT2D eigenvalue weighted by Crippen LogP contribution is 2.31. The summed E-state index contributed by atoms with van der Waals surface area (Å²) in [5.41, 5.74) is 0.328. The van der Waals surface area contributed by atoms with Gasteiger partial charge in [0.15, 0.2) is 15.7 Å². The Labute approximate surface area is 200 Å². The Morgan fingerprint density at radius 1 is 1.21 bits per heavy atom. The van der Waals surface area contributed by atoms with Crippen LogP contribution in [0.25, 0.3) is 11.4 Å². The third-order valence-corrected chi connectivity index (χ3v) is 7.40. The smallest absolute Gasteiger partial charge is 0.410 e. The van der Waals surface area contributed by atoms with Gasteiger partial charge in [0.1, 0.15) is 17.7 Å². The molecule has 2 aromatic rings. The lowest BCUT2D eigenvalue weighted by atomic mass is 10.1. The number of hydrogen-bond donors (Lipinski definition) is 2. The number of nitrogens with zero attached hydrogens (tertiary/aromatic N) is 3. The van der Waals surface area contributed by atoms with Crippen molar-refractivity contribution >= 4 is 27.5 Å². The van der Waals surface area contributed by atoms with Crippen molar-refractivity contribution in [2.24, 2.45) is 0 Å². The van der Waals surface area contributed by atoms with Gasteiger partial charge in [-0.1, -0.05) is 11.6 Å². The number of aromatic nitrogens is 2. The number of benzene rings is 1. The Morgan fingerprint density at radius 3 is 2.65 bits per heavy atom. The standard InChI is InChI=1S/C21H23ClF2N4O5S/c22-15-8-16(23)13(7-17(15)24)20-26-18(14-10-34(31,32)11-19(14)27-20)9-28(5-6-29)21(30)33-12-1-3-25-4-2-12/h7-8,12,25,29H,1-6,9-11H2. The van der Waals surface area contributed by atoms with Gasteiger partial charge in [0.05, 0.1) is 46.6 Å². The van der Waals surface area contributed by atoms with Crippen molar-refractivity contribution in [2.75, 3.05) is 26.2 Å². The van der Waals surface area contributed by atoms with Gasteiger partial charge in [-0.2, -0.15) is 0 Å². The Hall–Kier alpha value is -2.41. The summed E-state index contributed by atoms with van der Waals surface area (Å²) >= 11 is 5.63. The topological polar surface area (TPSA) is 122 Å². The second kappa shape index (κ2) is 10.1. The summed E-state index contributed by atoms with van der Waals surface area (Å²) in [5.74, 6) is -2.72. The summed E-state index contributed by atoms with van der Waals surface area (Å²) in [6, 6.07) is 1.62. The normalized spacial score (nSPS) is 17.4.